The van der Waals surface area contributed by atoms with E-state index in [-0.39, 0.29) is 18.0 Å². The highest BCUT2D eigenvalue weighted by atomic mass is 16.2. The number of aryl methyl sites for hydroxylation is 1. The van der Waals surface area contributed by atoms with Crippen molar-refractivity contribution in [3.63, 3.8) is 0 Å². The number of nitrogens with zero attached hydrogens (tertiary/aromatic N) is 4. The number of anilines is 2. The molecule has 7 heteroatoms. The van der Waals surface area contributed by atoms with Crippen molar-refractivity contribution in [3.8, 4) is 11.1 Å². The summed E-state index contributed by atoms with van der Waals surface area (Å²) in [6.07, 6.45) is 3.33. The van der Waals surface area contributed by atoms with Gasteiger partial charge in [0, 0.05) is 44.3 Å². The molecule has 2 heterocycles. The summed E-state index contributed by atoms with van der Waals surface area (Å²) in [5.41, 5.74) is 4.45. The minimum absolute atomic E-state index is 0.108. The molecule has 0 atom stereocenters. The van der Waals surface area contributed by atoms with Crippen molar-refractivity contribution in [1.29, 1.82) is 0 Å². The number of benzene rings is 2. The van der Waals surface area contributed by atoms with Crippen LogP contribution in [0.2, 0.25) is 0 Å². The number of carbonyl (C=O) groups excluding carboxylic acids is 1. The van der Waals surface area contributed by atoms with Gasteiger partial charge in [-0.05, 0) is 29.8 Å². The molecule has 1 N–H and O–H groups in total. The molecular formula is C23H23N5O2. The van der Waals surface area contributed by atoms with Crippen LogP contribution in [0.1, 0.15) is 0 Å². The standard InChI is InChI=1S/C23H23N5O2/c1-26(2)18-11-9-17(10-12-18)25-20(29)14-28-15-24-21-19(16-7-5-4-6-8-16)13-27(3)22(21)23(28)30/h4-13,15H,14H2,1-3H3,(H,25,29). The maximum absolute atomic E-state index is 13.0. The number of rotatable bonds is 5. The Kier molecular flexibility index (Phi) is 5.10. The van der Waals surface area contributed by atoms with Gasteiger partial charge in [0.2, 0.25) is 5.91 Å². The Bertz CT molecular complexity index is 1250. The highest BCUT2D eigenvalue weighted by molar-refractivity contribution is 5.93. The van der Waals surface area contributed by atoms with Crippen molar-refractivity contribution in [2.24, 2.45) is 7.05 Å². The van der Waals surface area contributed by atoms with Crippen LogP contribution in [0.4, 0.5) is 11.4 Å². The summed E-state index contributed by atoms with van der Waals surface area (Å²) in [5.74, 6) is -0.284. The fourth-order valence-electron chi connectivity index (χ4n) is 3.45. The van der Waals surface area contributed by atoms with Crippen molar-refractivity contribution in [2.75, 3.05) is 24.3 Å². The van der Waals surface area contributed by atoms with E-state index in [4.69, 9.17) is 0 Å². The van der Waals surface area contributed by atoms with Gasteiger partial charge in [-0.25, -0.2) is 4.98 Å². The average molecular weight is 401 g/mol. The van der Waals surface area contributed by atoms with E-state index in [9.17, 15) is 9.59 Å². The van der Waals surface area contributed by atoms with Crippen molar-refractivity contribution < 1.29 is 4.79 Å². The monoisotopic (exact) mass is 401 g/mol. The smallest absolute Gasteiger partial charge is 0.278 e. The highest BCUT2D eigenvalue weighted by Gasteiger charge is 2.16. The molecule has 0 fully saturated rings. The van der Waals surface area contributed by atoms with Gasteiger partial charge in [-0.3, -0.25) is 14.2 Å². The minimum atomic E-state index is -0.284. The number of amides is 1. The van der Waals surface area contributed by atoms with E-state index in [0.717, 1.165) is 16.8 Å². The molecule has 0 saturated carbocycles. The first-order valence-corrected chi connectivity index (χ1v) is 9.61. The van der Waals surface area contributed by atoms with E-state index in [1.165, 1.54) is 10.9 Å². The van der Waals surface area contributed by atoms with Crippen LogP contribution in [0.3, 0.4) is 0 Å². The molecule has 0 aliphatic carbocycles. The summed E-state index contributed by atoms with van der Waals surface area (Å²) in [4.78, 5) is 32.0. The number of carbonyl (C=O) groups is 1. The summed E-state index contributed by atoms with van der Waals surface area (Å²) in [6, 6.07) is 17.3. The summed E-state index contributed by atoms with van der Waals surface area (Å²) >= 11 is 0. The van der Waals surface area contributed by atoms with Crippen molar-refractivity contribution in [3.05, 3.63) is 77.5 Å². The van der Waals surface area contributed by atoms with Gasteiger partial charge in [-0.15, -0.1) is 0 Å². The average Bonchev–Trinajstić information content (AvgIpc) is 3.08. The second-order valence-electron chi connectivity index (χ2n) is 7.38. The molecule has 0 bridgehead atoms. The number of nitrogens with one attached hydrogen (secondary N) is 1. The molecule has 0 radical (unpaired) electrons. The van der Waals surface area contributed by atoms with Crippen LogP contribution < -0.4 is 15.8 Å². The largest absolute Gasteiger partial charge is 0.378 e. The maximum Gasteiger partial charge on any atom is 0.278 e. The zero-order valence-corrected chi connectivity index (χ0v) is 17.2. The highest BCUT2D eigenvalue weighted by Crippen LogP contribution is 2.26. The van der Waals surface area contributed by atoms with Gasteiger partial charge in [0.15, 0.2) is 0 Å². The number of fused-ring (bicyclic) bond motifs is 1. The van der Waals surface area contributed by atoms with Gasteiger partial charge in [0.05, 0.1) is 6.33 Å². The molecule has 7 nitrogen and oxygen atoms in total. The van der Waals surface area contributed by atoms with Crippen LogP contribution in [0.25, 0.3) is 22.2 Å². The Labute approximate surface area is 174 Å². The lowest BCUT2D eigenvalue weighted by atomic mass is 10.1. The second-order valence-corrected chi connectivity index (χ2v) is 7.38. The first-order chi connectivity index (χ1) is 14.4. The molecule has 152 valence electrons. The van der Waals surface area contributed by atoms with Crippen LogP contribution in [0, 0.1) is 0 Å². The second kappa shape index (κ2) is 7.87. The molecule has 0 spiro atoms. The lowest BCUT2D eigenvalue weighted by Crippen LogP contribution is -2.28. The first kappa shape index (κ1) is 19.4. The summed E-state index contributed by atoms with van der Waals surface area (Å²) in [7, 11) is 5.72. The van der Waals surface area contributed by atoms with E-state index in [0.29, 0.717) is 16.7 Å². The molecule has 0 unspecified atom stereocenters. The molecule has 0 aliphatic heterocycles. The number of aromatic nitrogens is 3. The van der Waals surface area contributed by atoms with Crippen LogP contribution >= 0.6 is 0 Å². The Balaban J connectivity index is 1.59. The Morgan fingerprint density at radius 2 is 1.77 bits per heavy atom. The predicted octanol–water partition coefficient (Wildman–Crippen LogP) is 3.11. The number of hydrogen-bond acceptors (Lipinski definition) is 4. The van der Waals surface area contributed by atoms with E-state index < -0.39 is 0 Å². The lowest BCUT2D eigenvalue weighted by molar-refractivity contribution is -0.116. The topological polar surface area (TPSA) is 72.2 Å². The summed E-state index contributed by atoms with van der Waals surface area (Å²) < 4.78 is 3.10. The van der Waals surface area contributed by atoms with Gasteiger partial charge in [-0.2, -0.15) is 0 Å². The van der Waals surface area contributed by atoms with Crippen molar-refractivity contribution >= 4 is 28.3 Å². The zero-order chi connectivity index (χ0) is 21.3. The normalized spacial score (nSPS) is 10.9. The van der Waals surface area contributed by atoms with Crippen molar-refractivity contribution in [1.82, 2.24) is 14.1 Å². The van der Waals surface area contributed by atoms with Gasteiger partial charge in [0.25, 0.3) is 5.56 Å². The Morgan fingerprint density at radius 1 is 1.07 bits per heavy atom. The fraction of sp³-hybridized carbons (Fsp3) is 0.174. The molecule has 4 aromatic rings. The van der Waals surface area contributed by atoms with Crippen LogP contribution in [-0.4, -0.2) is 34.1 Å². The third-order valence-electron chi connectivity index (χ3n) is 5.01. The maximum atomic E-state index is 13.0. The molecule has 0 saturated heterocycles. The van der Waals surface area contributed by atoms with E-state index in [2.05, 4.69) is 10.3 Å². The van der Waals surface area contributed by atoms with E-state index in [1.807, 2.05) is 86.8 Å². The van der Waals surface area contributed by atoms with E-state index in [1.54, 1.807) is 4.57 Å². The quantitative estimate of drug-likeness (QED) is 0.558. The third kappa shape index (κ3) is 3.69. The van der Waals surface area contributed by atoms with Crippen LogP contribution in [0.15, 0.2) is 71.9 Å². The number of hydrogen-bond donors (Lipinski definition) is 1. The Morgan fingerprint density at radius 3 is 2.43 bits per heavy atom. The summed E-state index contributed by atoms with van der Waals surface area (Å²) in [5, 5.41) is 2.83. The lowest BCUT2D eigenvalue weighted by Gasteiger charge is -2.13. The molecule has 0 aliphatic rings. The third-order valence-corrected chi connectivity index (χ3v) is 5.01. The molecule has 1 amide bonds. The van der Waals surface area contributed by atoms with Crippen LogP contribution in [-0.2, 0) is 18.4 Å². The molecule has 30 heavy (non-hydrogen) atoms. The molecule has 2 aromatic carbocycles. The van der Waals surface area contributed by atoms with E-state index >= 15 is 0 Å². The van der Waals surface area contributed by atoms with Gasteiger partial charge < -0.3 is 14.8 Å². The molecule has 4 rings (SSSR count). The van der Waals surface area contributed by atoms with Crippen LogP contribution in [0.5, 0.6) is 0 Å². The van der Waals surface area contributed by atoms with Gasteiger partial charge in [0.1, 0.15) is 17.6 Å². The fourth-order valence-corrected chi connectivity index (χ4v) is 3.45. The van der Waals surface area contributed by atoms with Crippen molar-refractivity contribution in [2.45, 2.75) is 6.54 Å². The molecule has 2 aromatic heterocycles. The minimum Gasteiger partial charge on any atom is -0.378 e. The molecular weight excluding hydrogens is 378 g/mol. The zero-order valence-electron chi connectivity index (χ0n) is 17.2. The summed E-state index contributed by atoms with van der Waals surface area (Å²) in [6.45, 7) is -0.108. The Hall–Kier alpha value is -3.87. The van der Waals surface area contributed by atoms with Gasteiger partial charge >= 0.3 is 0 Å². The first-order valence-electron chi connectivity index (χ1n) is 9.61. The predicted molar refractivity (Wildman–Crippen MR) is 120 cm³/mol. The van der Waals surface area contributed by atoms with Gasteiger partial charge in [-0.1, -0.05) is 30.3 Å². The SMILES string of the molecule is CN(C)c1ccc(NC(=O)Cn2cnc3c(-c4ccccc4)cn(C)c3c2=O)cc1.